The number of likely N-dealkylation sites (N-methyl/N-ethyl adjacent to an activating group) is 1. The Bertz CT molecular complexity index is 574. The van der Waals surface area contributed by atoms with Crippen LogP contribution in [0.25, 0.3) is 0 Å². The number of carboxylic acids is 1. The lowest BCUT2D eigenvalue weighted by Gasteiger charge is -2.41. The number of nitrogens with one attached hydrogen (secondary N) is 1. The Morgan fingerprint density at radius 1 is 1.35 bits per heavy atom. The van der Waals surface area contributed by atoms with Gasteiger partial charge in [-0.15, -0.1) is 0 Å². The maximum absolute atomic E-state index is 12.3. The molecule has 1 aliphatic heterocycles. The fraction of sp³-hybridized carbons (Fsp3) is 0.529. The van der Waals surface area contributed by atoms with Crippen molar-refractivity contribution >= 4 is 12.0 Å². The first-order valence-electron chi connectivity index (χ1n) is 7.93. The molecule has 0 bridgehead atoms. The Balaban J connectivity index is 1.92. The van der Waals surface area contributed by atoms with Crippen LogP contribution in [0, 0.1) is 5.92 Å². The minimum atomic E-state index is -0.961. The lowest BCUT2D eigenvalue weighted by Crippen LogP contribution is -2.57. The molecule has 1 aromatic rings. The van der Waals surface area contributed by atoms with Crippen LogP contribution in [0.3, 0.4) is 0 Å². The molecule has 0 aromatic heterocycles. The highest BCUT2D eigenvalue weighted by molar-refractivity contribution is 5.87. The van der Waals surface area contributed by atoms with E-state index in [4.69, 9.17) is 5.11 Å². The number of hydrogen-bond donors (Lipinski definition) is 2. The highest BCUT2D eigenvalue weighted by Crippen LogP contribution is 2.15. The van der Waals surface area contributed by atoms with E-state index in [1.165, 1.54) is 0 Å². The number of urea groups is 1. The van der Waals surface area contributed by atoms with Crippen molar-refractivity contribution in [3.63, 3.8) is 0 Å². The highest BCUT2D eigenvalue weighted by atomic mass is 16.4. The number of carbonyl (C=O) groups excluding carboxylic acids is 1. The van der Waals surface area contributed by atoms with Crippen molar-refractivity contribution in [2.45, 2.75) is 26.4 Å². The summed E-state index contributed by atoms with van der Waals surface area (Å²) in [6.45, 7) is 6.96. The maximum atomic E-state index is 12.3. The third kappa shape index (κ3) is 4.45. The summed E-state index contributed by atoms with van der Waals surface area (Å²) in [5.74, 6) is -0.472. The van der Waals surface area contributed by atoms with E-state index in [9.17, 15) is 9.59 Å². The number of nitrogens with zero attached hydrogens (tertiary/aromatic N) is 2. The first kappa shape index (κ1) is 17.3. The summed E-state index contributed by atoms with van der Waals surface area (Å²) in [5.41, 5.74) is 1.02. The predicted molar refractivity (Wildman–Crippen MR) is 88.5 cm³/mol. The quantitative estimate of drug-likeness (QED) is 0.888. The minimum Gasteiger partial charge on any atom is -0.478 e. The van der Waals surface area contributed by atoms with E-state index in [2.05, 4.69) is 31.1 Å². The number of carboxylic acid groups (broad SMARTS) is 1. The predicted octanol–water partition coefficient (Wildman–Crippen LogP) is 1.87. The molecule has 126 valence electrons. The van der Waals surface area contributed by atoms with Gasteiger partial charge in [0.15, 0.2) is 0 Å². The summed E-state index contributed by atoms with van der Waals surface area (Å²) >= 11 is 0. The zero-order valence-electron chi connectivity index (χ0n) is 14.0. The van der Waals surface area contributed by atoms with E-state index in [1.54, 1.807) is 18.2 Å². The Labute approximate surface area is 137 Å². The van der Waals surface area contributed by atoms with Crippen molar-refractivity contribution in [3.05, 3.63) is 35.4 Å². The molecule has 0 radical (unpaired) electrons. The number of rotatable bonds is 4. The Hall–Kier alpha value is -2.08. The summed E-state index contributed by atoms with van der Waals surface area (Å²) in [4.78, 5) is 27.4. The molecule has 1 aromatic carbocycles. The van der Waals surface area contributed by atoms with Crippen LogP contribution >= 0.6 is 0 Å². The second-order valence-electron chi connectivity index (χ2n) is 6.40. The lowest BCUT2D eigenvalue weighted by atomic mass is 10.0. The molecule has 0 unspecified atom stereocenters. The van der Waals surface area contributed by atoms with Crippen molar-refractivity contribution < 1.29 is 14.7 Å². The molecule has 6 nitrogen and oxygen atoms in total. The van der Waals surface area contributed by atoms with Crippen molar-refractivity contribution in [2.24, 2.45) is 5.92 Å². The molecule has 2 amide bonds. The average Bonchev–Trinajstić information content (AvgIpc) is 2.53. The topological polar surface area (TPSA) is 72.9 Å². The molecular formula is C17H25N3O3. The average molecular weight is 319 g/mol. The lowest BCUT2D eigenvalue weighted by molar-refractivity contribution is 0.0696. The standard InChI is InChI=1S/C17H25N3O3/c1-12(2)15-11-20(8-7-19(15)3)17(23)18-10-13-5-4-6-14(9-13)16(21)22/h4-6,9,12,15H,7-8,10-11H2,1-3H3,(H,18,23)(H,21,22)/t15-/m1/s1. The molecule has 0 spiro atoms. The zero-order chi connectivity index (χ0) is 17.0. The molecule has 1 saturated heterocycles. The molecule has 2 N–H and O–H groups in total. The molecule has 6 heteroatoms. The maximum Gasteiger partial charge on any atom is 0.335 e. The largest absolute Gasteiger partial charge is 0.478 e. The van der Waals surface area contributed by atoms with E-state index < -0.39 is 5.97 Å². The monoisotopic (exact) mass is 319 g/mol. The molecule has 1 aliphatic rings. The molecule has 2 rings (SSSR count). The van der Waals surface area contributed by atoms with Crippen molar-refractivity contribution in [1.29, 1.82) is 0 Å². The molecule has 1 atom stereocenters. The SMILES string of the molecule is CC(C)[C@H]1CN(C(=O)NCc2cccc(C(=O)O)c2)CCN1C. The van der Waals surface area contributed by atoms with Gasteiger partial charge in [0.05, 0.1) is 5.56 Å². The van der Waals surface area contributed by atoms with Gasteiger partial charge >= 0.3 is 12.0 Å². The number of aromatic carboxylic acids is 1. The summed E-state index contributed by atoms with van der Waals surface area (Å²) in [7, 11) is 2.09. The van der Waals surface area contributed by atoms with Gasteiger partial charge in [0.1, 0.15) is 0 Å². The number of hydrogen-bond acceptors (Lipinski definition) is 3. The Morgan fingerprint density at radius 2 is 2.09 bits per heavy atom. The van der Waals surface area contributed by atoms with Crippen LogP contribution in [0.1, 0.15) is 29.8 Å². The van der Waals surface area contributed by atoms with Crippen LogP contribution in [0.15, 0.2) is 24.3 Å². The van der Waals surface area contributed by atoms with Gasteiger partial charge in [-0.25, -0.2) is 9.59 Å². The van der Waals surface area contributed by atoms with Gasteiger partial charge in [0, 0.05) is 32.2 Å². The third-order valence-electron chi connectivity index (χ3n) is 4.37. The smallest absolute Gasteiger partial charge is 0.335 e. The van der Waals surface area contributed by atoms with Gasteiger partial charge in [-0.05, 0) is 30.7 Å². The normalized spacial score (nSPS) is 19.0. The second kappa shape index (κ2) is 7.46. The van der Waals surface area contributed by atoms with E-state index in [1.807, 2.05) is 11.0 Å². The van der Waals surface area contributed by atoms with Crippen LogP contribution < -0.4 is 5.32 Å². The van der Waals surface area contributed by atoms with E-state index >= 15 is 0 Å². The zero-order valence-corrected chi connectivity index (χ0v) is 14.0. The van der Waals surface area contributed by atoms with E-state index in [0.29, 0.717) is 25.0 Å². The van der Waals surface area contributed by atoms with Crippen LogP contribution in [0.5, 0.6) is 0 Å². The van der Waals surface area contributed by atoms with Gasteiger partial charge in [-0.1, -0.05) is 26.0 Å². The van der Waals surface area contributed by atoms with Crippen molar-refractivity contribution in [2.75, 3.05) is 26.7 Å². The van der Waals surface area contributed by atoms with Crippen LogP contribution in [0.2, 0.25) is 0 Å². The molecule has 1 heterocycles. The van der Waals surface area contributed by atoms with Crippen molar-refractivity contribution in [1.82, 2.24) is 15.1 Å². The minimum absolute atomic E-state index is 0.0931. The summed E-state index contributed by atoms with van der Waals surface area (Å²) < 4.78 is 0. The molecule has 0 aliphatic carbocycles. The molecule has 1 fully saturated rings. The summed E-state index contributed by atoms with van der Waals surface area (Å²) in [6.07, 6.45) is 0. The van der Waals surface area contributed by atoms with Crippen LogP contribution in [-0.4, -0.2) is 59.6 Å². The third-order valence-corrected chi connectivity index (χ3v) is 4.37. The Kier molecular flexibility index (Phi) is 5.60. The van der Waals surface area contributed by atoms with Crippen molar-refractivity contribution in [3.8, 4) is 0 Å². The molecular weight excluding hydrogens is 294 g/mol. The second-order valence-corrected chi connectivity index (χ2v) is 6.40. The summed E-state index contributed by atoms with van der Waals surface area (Å²) in [5, 5.41) is 11.9. The van der Waals surface area contributed by atoms with E-state index in [0.717, 1.165) is 18.7 Å². The van der Waals surface area contributed by atoms with Crippen LogP contribution in [-0.2, 0) is 6.54 Å². The number of piperazine rings is 1. The summed E-state index contributed by atoms with van der Waals surface area (Å²) in [6, 6.07) is 6.91. The van der Waals surface area contributed by atoms with Gasteiger partial charge in [0.2, 0.25) is 0 Å². The van der Waals surface area contributed by atoms with Gasteiger partial charge in [0.25, 0.3) is 0 Å². The number of amides is 2. The van der Waals surface area contributed by atoms with Crippen LogP contribution in [0.4, 0.5) is 4.79 Å². The number of carbonyl (C=O) groups is 2. The fourth-order valence-electron chi connectivity index (χ4n) is 2.91. The highest BCUT2D eigenvalue weighted by Gasteiger charge is 2.28. The van der Waals surface area contributed by atoms with Gasteiger partial charge in [-0.3, -0.25) is 4.90 Å². The first-order valence-corrected chi connectivity index (χ1v) is 7.93. The molecule has 0 saturated carbocycles. The molecule has 23 heavy (non-hydrogen) atoms. The fourth-order valence-corrected chi connectivity index (χ4v) is 2.91. The van der Waals surface area contributed by atoms with E-state index in [-0.39, 0.29) is 11.6 Å². The Morgan fingerprint density at radius 3 is 2.74 bits per heavy atom. The van der Waals surface area contributed by atoms with Gasteiger partial charge < -0.3 is 15.3 Å². The first-order chi connectivity index (χ1) is 10.9. The number of benzene rings is 1. The van der Waals surface area contributed by atoms with Gasteiger partial charge in [-0.2, -0.15) is 0 Å².